The van der Waals surface area contributed by atoms with Gasteiger partial charge in [0.1, 0.15) is 12.1 Å². The van der Waals surface area contributed by atoms with Gasteiger partial charge in [0.15, 0.2) is 0 Å². The quantitative estimate of drug-likeness (QED) is 0.794. The number of halogens is 1. The Hall–Kier alpha value is -2.08. The van der Waals surface area contributed by atoms with Gasteiger partial charge in [0.05, 0.1) is 0 Å². The number of amides is 4. The lowest BCUT2D eigenvalue weighted by atomic mass is 9.92. The van der Waals surface area contributed by atoms with Crippen LogP contribution in [0.1, 0.15) is 12.5 Å². The molecule has 19 heavy (non-hydrogen) atoms. The van der Waals surface area contributed by atoms with Crippen LogP contribution in [0, 0.1) is 0 Å². The highest BCUT2D eigenvalue weighted by Gasteiger charge is 2.50. The van der Waals surface area contributed by atoms with E-state index < -0.39 is 29.9 Å². The van der Waals surface area contributed by atoms with Crippen molar-refractivity contribution >= 4 is 29.4 Å². The fourth-order valence-corrected chi connectivity index (χ4v) is 2.37. The Morgan fingerprint density at radius 3 is 2.63 bits per heavy atom. The molecule has 0 bridgehead atoms. The molecule has 1 aliphatic rings. The van der Waals surface area contributed by atoms with Gasteiger partial charge in [-0.2, -0.15) is 0 Å². The van der Waals surface area contributed by atoms with E-state index in [0.717, 1.165) is 4.90 Å². The molecule has 1 fully saturated rings. The second kappa shape index (κ2) is 4.55. The lowest BCUT2D eigenvalue weighted by Gasteiger charge is -2.23. The molecule has 0 unspecified atom stereocenters. The van der Waals surface area contributed by atoms with Crippen LogP contribution in [-0.2, 0) is 15.1 Å². The van der Waals surface area contributed by atoms with E-state index >= 15 is 0 Å². The number of carbonyl (C=O) groups is 3. The van der Waals surface area contributed by atoms with Crippen molar-refractivity contribution in [2.24, 2.45) is 5.73 Å². The lowest BCUT2D eigenvalue weighted by molar-refractivity contribution is -0.134. The third-order valence-electron chi connectivity index (χ3n) is 3.00. The van der Waals surface area contributed by atoms with Crippen molar-refractivity contribution in [3.05, 3.63) is 34.9 Å². The molecule has 1 heterocycles. The summed E-state index contributed by atoms with van der Waals surface area (Å²) >= 11 is 6.05. The SMILES string of the molecule is C[C@@]1(c2ccccc2Cl)NC(=O)N(CC(N)=O)C1=O. The van der Waals surface area contributed by atoms with Crippen molar-refractivity contribution in [2.45, 2.75) is 12.5 Å². The summed E-state index contributed by atoms with van der Waals surface area (Å²) in [5.74, 6) is -1.31. The highest BCUT2D eigenvalue weighted by Crippen LogP contribution is 2.33. The highest BCUT2D eigenvalue weighted by atomic mass is 35.5. The zero-order valence-corrected chi connectivity index (χ0v) is 10.9. The van der Waals surface area contributed by atoms with Gasteiger partial charge in [-0.1, -0.05) is 29.8 Å². The summed E-state index contributed by atoms with van der Waals surface area (Å²) in [5.41, 5.74) is 4.20. The smallest absolute Gasteiger partial charge is 0.325 e. The van der Waals surface area contributed by atoms with E-state index in [0.29, 0.717) is 10.6 Å². The Morgan fingerprint density at radius 1 is 1.42 bits per heavy atom. The number of primary amides is 1. The number of nitrogens with one attached hydrogen (secondary N) is 1. The van der Waals surface area contributed by atoms with Gasteiger partial charge in [-0.15, -0.1) is 0 Å². The molecule has 0 radical (unpaired) electrons. The van der Waals surface area contributed by atoms with Crippen molar-refractivity contribution in [2.75, 3.05) is 6.54 Å². The van der Waals surface area contributed by atoms with E-state index in [1.807, 2.05) is 0 Å². The van der Waals surface area contributed by atoms with Crippen LogP contribution in [0.25, 0.3) is 0 Å². The van der Waals surface area contributed by atoms with Gasteiger partial charge in [0.2, 0.25) is 5.91 Å². The minimum absolute atomic E-state index is 0.361. The van der Waals surface area contributed by atoms with Gasteiger partial charge >= 0.3 is 6.03 Å². The average molecular weight is 282 g/mol. The molecule has 7 heteroatoms. The number of imide groups is 1. The second-order valence-corrected chi connectivity index (χ2v) is 4.80. The molecular weight excluding hydrogens is 270 g/mol. The van der Waals surface area contributed by atoms with E-state index in [4.69, 9.17) is 17.3 Å². The van der Waals surface area contributed by atoms with Crippen molar-refractivity contribution < 1.29 is 14.4 Å². The molecule has 2 rings (SSSR count). The molecule has 0 saturated carbocycles. The summed E-state index contributed by atoms with van der Waals surface area (Å²) in [7, 11) is 0. The van der Waals surface area contributed by atoms with E-state index in [1.165, 1.54) is 6.92 Å². The predicted octanol–water partition coefficient (Wildman–Crippen LogP) is 0.592. The monoisotopic (exact) mass is 281 g/mol. The molecule has 4 amide bonds. The maximum absolute atomic E-state index is 12.3. The molecule has 1 aliphatic heterocycles. The van der Waals surface area contributed by atoms with E-state index in [1.54, 1.807) is 24.3 Å². The molecule has 1 aromatic rings. The normalized spacial score (nSPS) is 22.5. The van der Waals surface area contributed by atoms with E-state index in [-0.39, 0.29) is 0 Å². The van der Waals surface area contributed by atoms with Gasteiger partial charge in [-0.25, -0.2) is 4.79 Å². The largest absolute Gasteiger partial charge is 0.368 e. The van der Waals surface area contributed by atoms with Crippen LogP contribution in [0.2, 0.25) is 5.02 Å². The predicted molar refractivity (Wildman–Crippen MR) is 68.2 cm³/mol. The van der Waals surface area contributed by atoms with Crippen LogP contribution in [0.3, 0.4) is 0 Å². The zero-order valence-electron chi connectivity index (χ0n) is 10.1. The number of hydrogen-bond donors (Lipinski definition) is 2. The lowest BCUT2D eigenvalue weighted by Crippen LogP contribution is -2.42. The first-order valence-corrected chi connectivity index (χ1v) is 5.91. The molecule has 1 aromatic carbocycles. The molecule has 1 atom stereocenters. The minimum Gasteiger partial charge on any atom is -0.368 e. The maximum Gasteiger partial charge on any atom is 0.325 e. The van der Waals surface area contributed by atoms with Gasteiger partial charge in [-0.05, 0) is 13.0 Å². The molecule has 3 N–H and O–H groups in total. The minimum atomic E-state index is -1.29. The summed E-state index contributed by atoms with van der Waals surface area (Å²) < 4.78 is 0. The number of rotatable bonds is 3. The number of nitrogens with zero attached hydrogens (tertiary/aromatic N) is 1. The summed E-state index contributed by atoms with van der Waals surface area (Å²) in [6.07, 6.45) is 0. The van der Waals surface area contributed by atoms with E-state index in [2.05, 4.69) is 5.32 Å². The Bertz CT molecular complexity index is 575. The first-order valence-electron chi connectivity index (χ1n) is 5.53. The van der Waals surface area contributed by atoms with Gasteiger partial charge in [-0.3, -0.25) is 14.5 Å². The summed E-state index contributed by atoms with van der Waals surface area (Å²) in [5, 5.41) is 2.90. The first kappa shape index (κ1) is 13.4. The topological polar surface area (TPSA) is 92.5 Å². The van der Waals surface area contributed by atoms with E-state index in [9.17, 15) is 14.4 Å². The zero-order chi connectivity index (χ0) is 14.2. The number of hydrogen-bond acceptors (Lipinski definition) is 3. The Labute approximate surface area is 114 Å². The summed E-state index contributed by atoms with van der Waals surface area (Å²) in [4.78, 5) is 35.7. The summed E-state index contributed by atoms with van der Waals surface area (Å²) in [6, 6.07) is 6.04. The number of carbonyl (C=O) groups excluding carboxylic acids is 3. The van der Waals surface area contributed by atoms with Crippen molar-refractivity contribution in [1.29, 1.82) is 0 Å². The van der Waals surface area contributed by atoms with Crippen LogP contribution in [-0.4, -0.2) is 29.3 Å². The Morgan fingerprint density at radius 2 is 2.05 bits per heavy atom. The van der Waals surface area contributed by atoms with Gasteiger partial charge in [0, 0.05) is 10.6 Å². The molecule has 100 valence electrons. The van der Waals surface area contributed by atoms with Crippen LogP contribution < -0.4 is 11.1 Å². The third kappa shape index (κ3) is 2.15. The van der Waals surface area contributed by atoms with Crippen LogP contribution in [0.15, 0.2) is 24.3 Å². The van der Waals surface area contributed by atoms with Crippen molar-refractivity contribution in [1.82, 2.24) is 10.2 Å². The maximum atomic E-state index is 12.3. The van der Waals surface area contributed by atoms with Crippen LogP contribution in [0.4, 0.5) is 4.79 Å². The molecule has 1 saturated heterocycles. The fourth-order valence-electron chi connectivity index (χ4n) is 2.05. The highest BCUT2D eigenvalue weighted by molar-refractivity contribution is 6.32. The molecule has 0 spiro atoms. The van der Waals surface area contributed by atoms with Crippen molar-refractivity contribution in [3.63, 3.8) is 0 Å². The average Bonchev–Trinajstić information content (AvgIpc) is 2.54. The second-order valence-electron chi connectivity index (χ2n) is 4.39. The third-order valence-corrected chi connectivity index (χ3v) is 3.33. The van der Waals surface area contributed by atoms with Crippen LogP contribution in [0.5, 0.6) is 0 Å². The number of benzene rings is 1. The Kier molecular flexibility index (Phi) is 3.20. The molecule has 0 aromatic heterocycles. The molecule has 0 aliphatic carbocycles. The molecule has 6 nitrogen and oxygen atoms in total. The summed E-state index contributed by atoms with van der Waals surface area (Å²) in [6.45, 7) is 1.08. The number of nitrogens with two attached hydrogens (primary N) is 1. The van der Waals surface area contributed by atoms with Crippen LogP contribution >= 0.6 is 11.6 Å². The van der Waals surface area contributed by atoms with Gasteiger partial charge in [0.25, 0.3) is 5.91 Å². The first-order chi connectivity index (χ1) is 8.86. The number of urea groups is 1. The molecular formula is C12H12ClN3O3. The fraction of sp³-hybridized carbons (Fsp3) is 0.250. The van der Waals surface area contributed by atoms with Crippen molar-refractivity contribution in [3.8, 4) is 0 Å². The Balaban J connectivity index is 2.41. The van der Waals surface area contributed by atoms with Gasteiger partial charge < -0.3 is 11.1 Å². The standard InChI is InChI=1S/C12H12ClN3O3/c1-12(7-4-2-3-5-8(7)13)10(18)16(6-9(14)17)11(19)15-12/h2-5H,6H2,1H3,(H2,14,17)(H,15,19)/t12-/m0/s1.